The minimum Gasteiger partial charge on any atom is -0.139 e. The Bertz CT molecular complexity index is 139. The first-order chi connectivity index (χ1) is 5.06. The van der Waals surface area contributed by atoms with Gasteiger partial charge in [-0.15, -0.1) is 9.24 Å². The smallest absolute Gasteiger partial charge is 0.0696 e. The number of hydrogen-bond donors (Lipinski definition) is 0. The van der Waals surface area contributed by atoms with Crippen LogP contribution in [0, 0.1) is 10.8 Å². The van der Waals surface area contributed by atoms with Crippen LogP contribution in [0.15, 0.2) is 0 Å². The fourth-order valence-corrected chi connectivity index (χ4v) is 1.62. The molecular weight excluding hydrogens is 161 g/mol. The monoisotopic (exact) mass is 181 g/mol. The molecule has 0 amide bonds. The Balaban J connectivity index is 4.95. The van der Waals surface area contributed by atoms with Crippen LogP contribution in [0.4, 0.5) is 0 Å². The second kappa shape index (κ2) is 3.37. The molecule has 0 aromatic heterocycles. The van der Waals surface area contributed by atoms with Gasteiger partial charge in [-0.25, -0.2) is 0 Å². The van der Waals surface area contributed by atoms with Crippen LogP contribution in [0.1, 0.15) is 41.5 Å². The lowest BCUT2D eigenvalue weighted by molar-refractivity contribution is 0.212. The van der Waals surface area contributed by atoms with Crippen molar-refractivity contribution in [1.82, 2.24) is 0 Å². The van der Waals surface area contributed by atoms with E-state index in [1.807, 2.05) is 7.17 Å². The molecule has 0 rings (SSSR count). The van der Waals surface area contributed by atoms with Gasteiger partial charge in [-0.3, -0.25) is 0 Å². The van der Waals surface area contributed by atoms with Gasteiger partial charge in [0.1, 0.15) is 0 Å². The molecule has 1 atom stereocenters. The summed E-state index contributed by atoms with van der Waals surface area (Å²) in [6, 6.07) is 0. The van der Waals surface area contributed by atoms with Crippen LogP contribution in [0.2, 0.25) is 0 Å². The van der Waals surface area contributed by atoms with Crippen molar-refractivity contribution in [3.05, 3.63) is 0 Å². The molecule has 0 N–H and O–H groups in total. The molecule has 0 bridgehead atoms. The second-order valence-corrected chi connectivity index (χ2v) is 6.45. The van der Waals surface area contributed by atoms with Gasteiger partial charge in [0.2, 0.25) is 0 Å². The van der Waals surface area contributed by atoms with Crippen molar-refractivity contribution >= 4 is 24.1 Å². The fraction of sp³-hybridized carbons (Fsp3) is 1.00. The van der Waals surface area contributed by atoms with Gasteiger partial charge in [0.25, 0.3) is 0 Å². The van der Waals surface area contributed by atoms with Crippen LogP contribution in [0.3, 0.4) is 0 Å². The lowest BCUT2D eigenvalue weighted by Gasteiger charge is -2.51. The van der Waals surface area contributed by atoms with Gasteiger partial charge < -0.3 is 0 Å². The molecular formula is C9H20B2P. The third-order valence-corrected chi connectivity index (χ3v) is 4.67. The molecule has 0 aliphatic rings. The summed E-state index contributed by atoms with van der Waals surface area (Å²) >= 11 is 0. The van der Waals surface area contributed by atoms with E-state index in [1.165, 1.54) is 0 Å². The van der Waals surface area contributed by atoms with Crippen LogP contribution in [-0.2, 0) is 0 Å². The molecule has 0 saturated heterocycles. The van der Waals surface area contributed by atoms with E-state index in [0.29, 0.717) is 0 Å². The highest BCUT2D eigenvalue weighted by Gasteiger charge is 2.44. The summed E-state index contributed by atoms with van der Waals surface area (Å²) in [5.41, 5.74) is 0.343. The molecule has 67 valence electrons. The first kappa shape index (κ1) is 12.6. The molecule has 0 aliphatic heterocycles. The second-order valence-electron chi connectivity index (χ2n) is 5.54. The largest absolute Gasteiger partial charge is 0.139 e. The first-order valence-electron chi connectivity index (χ1n) is 4.41. The van der Waals surface area contributed by atoms with Gasteiger partial charge in [-0.05, 0) is 15.9 Å². The zero-order chi connectivity index (χ0) is 10.2. The van der Waals surface area contributed by atoms with E-state index in [-0.39, 0.29) is 15.9 Å². The summed E-state index contributed by atoms with van der Waals surface area (Å²) in [7, 11) is 10.5. The van der Waals surface area contributed by atoms with Crippen molar-refractivity contribution in [2.45, 2.75) is 46.6 Å². The number of hydrogen-bond acceptors (Lipinski definition) is 0. The van der Waals surface area contributed by atoms with E-state index in [4.69, 9.17) is 7.74 Å². The molecule has 3 heteroatoms. The van der Waals surface area contributed by atoms with E-state index in [1.54, 1.807) is 0 Å². The Morgan fingerprint density at radius 2 is 1.17 bits per heavy atom. The van der Waals surface area contributed by atoms with Gasteiger partial charge in [0, 0.05) is 7.74 Å². The van der Waals surface area contributed by atoms with Crippen molar-refractivity contribution in [1.29, 1.82) is 0 Å². The molecule has 1 unspecified atom stereocenters. The van der Waals surface area contributed by atoms with E-state index in [0.717, 1.165) is 0 Å². The molecule has 0 saturated carbocycles. The highest BCUT2D eigenvalue weighted by Crippen LogP contribution is 2.49. The van der Waals surface area contributed by atoms with Gasteiger partial charge in [-0.2, -0.15) is 0 Å². The van der Waals surface area contributed by atoms with Crippen LogP contribution in [0.5, 0.6) is 0 Å². The lowest BCUT2D eigenvalue weighted by atomic mass is 9.36. The molecule has 0 fully saturated rings. The minimum atomic E-state index is -0.0139. The quantitative estimate of drug-likeness (QED) is 0.430. The predicted molar refractivity (Wildman–Crippen MR) is 62.9 cm³/mol. The third-order valence-electron chi connectivity index (χ3n) is 2.74. The van der Waals surface area contributed by atoms with Crippen molar-refractivity contribution in [3.63, 3.8) is 0 Å². The molecule has 0 aromatic carbocycles. The Morgan fingerprint density at radius 1 is 0.917 bits per heavy atom. The summed E-state index contributed by atoms with van der Waals surface area (Å²) < 4.78 is 0. The zero-order valence-corrected chi connectivity index (χ0v) is 10.4. The Morgan fingerprint density at radius 3 is 1.17 bits per heavy atom. The van der Waals surface area contributed by atoms with Gasteiger partial charge in [0.15, 0.2) is 0 Å². The summed E-state index contributed by atoms with van der Waals surface area (Å²) in [5.74, 6) is 0. The Labute approximate surface area is 82.1 Å². The van der Waals surface area contributed by atoms with Crippen LogP contribution in [-0.4, -0.2) is 20.0 Å². The molecule has 0 spiro atoms. The predicted octanol–water partition coefficient (Wildman–Crippen LogP) is 2.44. The van der Waals surface area contributed by atoms with Crippen LogP contribution in [0.25, 0.3) is 0 Å². The van der Waals surface area contributed by atoms with E-state index >= 15 is 0 Å². The summed E-state index contributed by atoms with van der Waals surface area (Å²) in [4.78, 5) is 0. The van der Waals surface area contributed by atoms with Gasteiger partial charge in [-0.1, -0.05) is 41.5 Å². The lowest BCUT2D eigenvalue weighted by Crippen LogP contribution is -2.52. The van der Waals surface area contributed by atoms with Crippen LogP contribution < -0.4 is 0 Å². The van der Waals surface area contributed by atoms with E-state index in [9.17, 15) is 0 Å². The maximum Gasteiger partial charge on any atom is 0.0696 e. The van der Waals surface area contributed by atoms with E-state index in [2.05, 4.69) is 50.8 Å². The zero-order valence-electron chi connectivity index (χ0n) is 9.23. The summed E-state index contributed by atoms with van der Waals surface area (Å²) in [6.07, 6.45) is 0. The topological polar surface area (TPSA) is 0 Å². The molecule has 0 aliphatic carbocycles. The Hall–Kier alpha value is 0.560. The third kappa shape index (κ3) is 2.08. The van der Waals surface area contributed by atoms with Crippen molar-refractivity contribution < 1.29 is 0 Å². The maximum atomic E-state index is 5.73. The molecule has 0 aromatic rings. The average Bonchev–Trinajstić information content (AvgIpc) is 1.81. The minimum absolute atomic E-state index is 0.0139. The Kier molecular flexibility index (Phi) is 3.53. The summed E-state index contributed by atoms with van der Waals surface area (Å²) in [5, 5.41) is -0.0139. The first-order valence-corrected chi connectivity index (χ1v) is 4.99. The normalized spacial score (nSPS) is 14.6. The van der Waals surface area contributed by atoms with Crippen molar-refractivity contribution in [3.8, 4) is 0 Å². The molecule has 0 heterocycles. The molecule has 12 heavy (non-hydrogen) atoms. The fourth-order valence-electron chi connectivity index (χ4n) is 1.62. The molecule has 3 radical (unpaired) electrons. The molecule has 0 nitrogen and oxygen atoms in total. The summed E-state index contributed by atoms with van der Waals surface area (Å²) in [6.45, 7) is 13.3. The van der Waals surface area contributed by atoms with Crippen molar-refractivity contribution in [2.24, 2.45) is 10.8 Å². The van der Waals surface area contributed by atoms with Gasteiger partial charge >= 0.3 is 0 Å². The maximum absolute atomic E-state index is 5.73. The van der Waals surface area contributed by atoms with Gasteiger partial charge in [0.05, 0.1) is 7.17 Å². The SMILES string of the molecule is [B][B]C(P)(C(C)(C)C)C(C)(C)C. The van der Waals surface area contributed by atoms with E-state index < -0.39 is 0 Å². The highest BCUT2D eigenvalue weighted by molar-refractivity contribution is 7.27. The number of rotatable bonds is 1. The van der Waals surface area contributed by atoms with Crippen LogP contribution >= 0.6 is 9.24 Å². The average molecular weight is 181 g/mol. The standard InChI is InChI=1S/C9H20B2P/c1-7(2,3)9(12,11-10)8(4,5)6/h12H2,1-6H3. The highest BCUT2D eigenvalue weighted by atomic mass is 31.0. The van der Waals surface area contributed by atoms with Crippen molar-refractivity contribution in [2.75, 3.05) is 0 Å².